The lowest BCUT2D eigenvalue weighted by atomic mass is 9.93. The van der Waals surface area contributed by atoms with E-state index in [1.54, 1.807) is 25.3 Å². The number of methoxy groups -OCH3 is 1. The number of fused-ring (bicyclic) bond motifs is 1. The SMILES string of the molecule is COC(=O)c1ccc(OC(=O)c2oc3c(c2C)/C(=N/NC(=O)c2cccnc2)CCC3)cc1. The molecular formula is C24H21N3O6. The van der Waals surface area contributed by atoms with E-state index in [2.05, 4.69) is 20.2 Å². The van der Waals surface area contributed by atoms with Crippen LogP contribution in [0.25, 0.3) is 0 Å². The van der Waals surface area contributed by atoms with Gasteiger partial charge in [0.15, 0.2) is 0 Å². The molecule has 0 bridgehead atoms. The van der Waals surface area contributed by atoms with Crippen LogP contribution in [0.3, 0.4) is 0 Å². The highest BCUT2D eigenvalue weighted by Crippen LogP contribution is 2.30. The highest BCUT2D eigenvalue weighted by molar-refractivity contribution is 6.06. The van der Waals surface area contributed by atoms with Gasteiger partial charge >= 0.3 is 11.9 Å². The number of amides is 1. The number of pyridine rings is 1. The number of furan rings is 1. The second-order valence-corrected chi connectivity index (χ2v) is 7.35. The highest BCUT2D eigenvalue weighted by Gasteiger charge is 2.29. The summed E-state index contributed by atoms with van der Waals surface area (Å²) in [6.07, 6.45) is 5.08. The quantitative estimate of drug-likeness (QED) is 0.361. The van der Waals surface area contributed by atoms with Gasteiger partial charge in [-0.3, -0.25) is 9.78 Å². The van der Waals surface area contributed by atoms with Crippen LogP contribution in [0, 0.1) is 6.92 Å². The summed E-state index contributed by atoms with van der Waals surface area (Å²) < 4.78 is 15.9. The molecule has 0 fully saturated rings. The van der Waals surface area contributed by atoms with E-state index >= 15 is 0 Å². The maximum absolute atomic E-state index is 12.8. The molecule has 9 heteroatoms. The van der Waals surface area contributed by atoms with E-state index < -0.39 is 11.9 Å². The average Bonchev–Trinajstić information content (AvgIpc) is 3.20. The summed E-state index contributed by atoms with van der Waals surface area (Å²) in [7, 11) is 1.29. The van der Waals surface area contributed by atoms with Gasteiger partial charge < -0.3 is 13.9 Å². The second-order valence-electron chi connectivity index (χ2n) is 7.35. The van der Waals surface area contributed by atoms with Gasteiger partial charge in [-0.15, -0.1) is 0 Å². The first-order valence-corrected chi connectivity index (χ1v) is 10.3. The number of benzene rings is 1. The molecular weight excluding hydrogens is 426 g/mol. The maximum atomic E-state index is 12.8. The van der Waals surface area contributed by atoms with E-state index in [9.17, 15) is 14.4 Å². The number of nitrogens with one attached hydrogen (secondary N) is 1. The van der Waals surface area contributed by atoms with Gasteiger partial charge in [-0.05, 0) is 56.2 Å². The van der Waals surface area contributed by atoms with E-state index in [4.69, 9.17) is 9.15 Å². The molecule has 1 aliphatic rings. The van der Waals surface area contributed by atoms with E-state index in [1.807, 2.05) is 0 Å². The first-order chi connectivity index (χ1) is 16.0. The third-order valence-electron chi connectivity index (χ3n) is 5.21. The Balaban J connectivity index is 1.53. The van der Waals surface area contributed by atoms with Crippen molar-refractivity contribution in [1.82, 2.24) is 10.4 Å². The fourth-order valence-electron chi connectivity index (χ4n) is 3.58. The lowest BCUT2D eigenvalue weighted by molar-refractivity contribution is 0.0600. The molecule has 0 atom stereocenters. The van der Waals surface area contributed by atoms with Crippen molar-refractivity contribution in [1.29, 1.82) is 0 Å². The molecule has 168 valence electrons. The number of carbonyl (C=O) groups excluding carboxylic acids is 3. The van der Waals surface area contributed by atoms with Gasteiger partial charge in [0.25, 0.3) is 5.91 Å². The number of aromatic nitrogens is 1. The van der Waals surface area contributed by atoms with Crippen molar-refractivity contribution < 1.29 is 28.3 Å². The summed E-state index contributed by atoms with van der Waals surface area (Å²) in [6, 6.07) is 9.33. The summed E-state index contributed by atoms with van der Waals surface area (Å²) in [5.41, 5.74) is 5.22. The van der Waals surface area contributed by atoms with Crippen LogP contribution in [0.2, 0.25) is 0 Å². The van der Waals surface area contributed by atoms with Crippen molar-refractivity contribution in [3.8, 4) is 5.75 Å². The van der Waals surface area contributed by atoms with Crippen LogP contribution in [0.4, 0.5) is 0 Å². The van der Waals surface area contributed by atoms with Gasteiger partial charge in [0, 0.05) is 29.9 Å². The molecule has 33 heavy (non-hydrogen) atoms. The summed E-state index contributed by atoms with van der Waals surface area (Å²) in [5, 5.41) is 4.29. The van der Waals surface area contributed by atoms with Gasteiger partial charge in [-0.2, -0.15) is 5.10 Å². The monoisotopic (exact) mass is 447 g/mol. The standard InChI is InChI=1S/C24H21N3O6/c1-14-20-18(26-27-22(28)16-5-4-12-25-13-16)6-3-7-19(20)33-21(14)24(30)32-17-10-8-15(9-11-17)23(29)31-2/h4-5,8-13H,3,6-7H2,1-2H3,(H,27,28)/b26-18+. The summed E-state index contributed by atoms with van der Waals surface area (Å²) >= 11 is 0. The number of hydrogen-bond acceptors (Lipinski definition) is 8. The van der Waals surface area contributed by atoms with Crippen molar-refractivity contribution in [2.75, 3.05) is 7.11 Å². The Morgan fingerprint density at radius 1 is 1.06 bits per heavy atom. The molecule has 0 saturated carbocycles. The molecule has 9 nitrogen and oxygen atoms in total. The van der Waals surface area contributed by atoms with Crippen LogP contribution in [-0.4, -0.2) is 35.7 Å². The Morgan fingerprint density at radius 3 is 2.55 bits per heavy atom. The van der Waals surface area contributed by atoms with Gasteiger partial charge in [0.05, 0.1) is 23.9 Å². The zero-order valence-corrected chi connectivity index (χ0v) is 18.1. The molecule has 0 saturated heterocycles. The minimum atomic E-state index is -0.661. The number of hydrogen-bond donors (Lipinski definition) is 1. The number of aryl methyl sites for hydroxylation is 1. The normalized spacial score (nSPS) is 13.8. The van der Waals surface area contributed by atoms with E-state index in [0.29, 0.717) is 46.6 Å². The van der Waals surface area contributed by atoms with Gasteiger partial charge in [-0.1, -0.05) is 0 Å². The lowest BCUT2D eigenvalue weighted by Gasteiger charge is -2.13. The Hall–Kier alpha value is -4.27. The maximum Gasteiger partial charge on any atom is 0.379 e. The van der Waals surface area contributed by atoms with Crippen LogP contribution < -0.4 is 10.2 Å². The Bertz CT molecular complexity index is 1230. The largest absolute Gasteiger partial charge is 0.465 e. The van der Waals surface area contributed by atoms with Gasteiger partial charge in [0.2, 0.25) is 5.76 Å². The Kier molecular flexibility index (Phi) is 6.30. The van der Waals surface area contributed by atoms with E-state index in [0.717, 1.165) is 6.42 Å². The average molecular weight is 447 g/mol. The van der Waals surface area contributed by atoms with Crippen LogP contribution in [0.1, 0.15) is 61.0 Å². The van der Waals surface area contributed by atoms with Gasteiger partial charge in [0.1, 0.15) is 11.5 Å². The lowest BCUT2D eigenvalue weighted by Crippen LogP contribution is -2.22. The zero-order valence-electron chi connectivity index (χ0n) is 18.1. The minimum Gasteiger partial charge on any atom is -0.465 e. The second kappa shape index (κ2) is 9.47. The third kappa shape index (κ3) is 4.67. The number of esters is 2. The fraction of sp³-hybridized carbons (Fsp3) is 0.208. The van der Waals surface area contributed by atoms with Crippen molar-refractivity contribution in [2.24, 2.45) is 5.10 Å². The number of ether oxygens (including phenoxy) is 2. The zero-order chi connectivity index (χ0) is 23.4. The molecule has 1 aliphatic carbocycles. The molecule has 0 spiro atoms. The smallest absolute Gasteiger partial charge is 0.379 e. The van der Waals surface area contributed by atoms with Crippen LogP contribution in [0.15, 0.2) is 58.3 Å². The van der Waals surface area contributed by atoms with Crippen molar-refractivity contribution >= 4 is 23.6 Å². The van der Waals surface area contributed by atoms with Crippen LogP contribution in [-0.2, 0) is 11.2 Å². The molecule has 0 radical (unpaired) electrons. The minimum absolute atomic E-state index is 0.0743. The molecule has 2 heterocycles. The van der Waals surface area contributed by atoms with Crippen LogP contribution >= 0.6 is 0 Å². The topological polar surface area (TPSA) is 120 Å². The molecule has 0 aliphatic heterocycles. The van der Waals surface area contributed by atoms with E-state index in [-0.39, 0.29) is 17.4 Å². The van der Waals surface area contributed by atoms with Crippen molar-refractivity contribution in [3.63, 3.8) is 0 Å². The third-order valence-corrected chi connectivity index (χ3v) is 5.21. The summed E-state index contributed by atoms with van der Waals surface area (Å²) in [4.78, 5) is 40.5. The van der Waals surface area contributed by atoms with Crippen molar-refractivity contribution in [2.45, 2.75) is 26.2 Å². The highest BCUT2D eigenvalue weighted by atomic mass is 16.5. The first kappa shape index (κ1) is 21.9. The number of nitrogens with zero attached hydrogens (tertiary/aromatic N) is 2. The van der Waals surface area contributed by atoms with E-state index in [1.165, 1.54) is 37.6 Å². The molecule has 1 N–H and O–H groups in total. The number of carbonyl (C=O) groups is 3. The molecule has 1 aromatic carbocycles. The summed E-state index contributed by atoms with van der Waals surface area (Å²) in [6.45, 7) is 1.75. The molecule has 1 amide bonds. The molecule has 3 aromatic rings. The number of rotatable bonds is 5. The first-order valence-electron chi connectivity index (χ1n) is 10.3. The molecule has 4 rings (SSSR count). The predicted octanol–water partition coefficient (Wildman–Crippen LogP) is 3.46. The fourth-order valence-corrected chi connectivity index (χ4v) is 3.58. The Morgan fingerprint density at radius 2 is 1.85 bits per heavy atom. The molecule has 2 aromatic heterocycles. The summed E-state index contributed by atoms with van der Waals surface area (Å²) in [5.74, 6) is -0.555. The van der Waals surface area contributed by atoms with Crippen molar-refractivity contribution in [3.05, 3.63) is 82.6 Å². The predicted molar refractivity (Wildman–Crippen MR) is 117 cm³/mol. The Labute approximate surface area is 189 Å². The van der Waals surface area contributed by atoms with Crippen LogP contribution in [0.5, 0.6) is 5.75 Å². The molecule has 0 unspecified atom stereocenters. The van der Waals surface area contributed by atoms with Gasteiger partial charge in [-0.25, -0.2) is 15.0 Å². The number of hydrazone groups is 1.